The number of carbonyl (C=O) groups is 2. The van der Waals surface area contributed by atoms with Gasteiger partial charge in [0.05, 0.1) is 24.0 Å². The van der Waals surface area contributed by atoms with Gasteiger partial charge in [-0.3, -0.25) is 4.79 Å². The second-order valence-corrected chi connectivity index (χ2v) is 5.66. The van der Waals surface area contributed by atoms with Gasteiger partial charge in [-0.2, -0.15) is 0 Å². The summed E-state index contributed by atoms with van der Waals surface area (Å²) in [5.41, 5.74) is 9.32. The zero-order chi connectivity index (χ0) is 18.5. The first-order valence-electron chi connectivity index (χ1n) is 8.04. The average molecular weight is 346 g/mol. The van der Waals surface area contributed by atoms with Gasteiger partial charge in [-0.15, -0.1) is 0 Å². The third-order valence-corrected chi connectivity index (χ3v) is 4.01. The number of methoxy groups -OCH3 is 1. The highest BCUT2D eigenvalue weighted by Crippen LogP contribution is 2.25. The summed E-state index contributed by atoms with van der Waals surface area (Å²) in [5, 5.41) is 2.73. The molecular weight excluding hydrogens is 328 g/mol. The minimum Gasteiger partial charge on any atom is -0.465 e. The number of para-hydroxylation sites is 1. The first kappa shape index (κ1) is 17.2. The second kappa shape index (κ2) is 7.53. The topological polar surface area (TPSA) is 81.4 Å². The van der Waals surface area contributed by atoms with Crippen molar-refractivity contribution in [2.24, 2.45) is 0 Å². The molecule has 0 bridgehead atoms. The number of rotatable bonds is 4. The zero-order valence-corrected chi connectivity index (χ0v) is 14.2. The fraction of sp³-hybridized carbons (Fsp3) is 0.0476. The van der Waals surface area contributed by atoms with Gasteiger partial charge in [-0.1, -0.05) is 48.5 Å². The molecule has 5 nitrogen and oxygen atoms in total. The molecule has 1 amide bonds. The van der Waals surface area contributed by atoms with Crippen LogP contribution in [0.3, 0.4) is 0 Å². The van der Waals surface area contributed by atoms with Crippen LogP contribution in [0.25, 0.3) is 11.1 Å². The van der Waals surface area contributed by atoms with Gasteiger partial charge in [0, 0.05) is 5.56 Å². The van der Waals surface area contributed by atoms with Gasteiger partial charge in [-0.25, -0.2) is 4.79 Å². The van der Waals surface area contributed by atoms with E-state index in [-0.39, 0.29) is 17.2 Å². The molecule has 0 unspecified atom stereocenters. The van der Waals surface area contributed by atoms with Crippen molar-refractivity contribution in [2.45, 2.75) is 0 Å². The fourth-order valence-electron chi connectivity index (χ4n) is 2.60. The molecule has 0 aromatic heterocycles. The smallest absolute Gasteiger partial charge is 0.340 e. The molecule has 0 aliphatic carbocycles. The number of ether oxygens (including phenoxy) is 1. The van der Waals surface area contributed by atoms with E-state index < -0.39 is 5.97 Å². The Hall–Kier alpha value is -3.60. The van der Waals surface area contributed by atoms with Crippen molar-refractivity contribution in [1.29, 1.82) is 0 Å². The number of nitrogens with one attached hydrogen (secondary N) is 1. The summed E-state index contributed by atoms with van der Waals surface area (Å²) in [6, 6.07) is 22.0. The molecule has 0 heterocycles. The Kier molecular flexibility index (Phi) is 4.99. The molecule has 3 aromatic rings. The Bertz CT molecular complexity index is 935. The summed E-state index contributed by atoms with van der Waals surface area (Å²) in [4.78, 5) is 24.2. The van der Waals surface area contributed by atoms with E-state index >= 15 is 0 Å². The molecule has 130 valence electrons. The molecule has 0 saturated heterocycles. The lowest BCUT2D eigenvalue weighted by Gasteiger charge is -2.11. The van der Waals surface area contributed by atoms with E-state index in [9.17, 15) is 9.59 Å². The van der Waals surface area contributed by atoms with Crippen LogP contribution in [-0.4, -0.2) is 19.0 Å². The molecule has 0 saturated carbocycles. The van der Waals surface area contributed by atoms with Gasteiger partial charge in [0.25, 0.3) is 5.91 Å². The standard InChI is InChI=1S/C21H18N2O3/c1-26-21(25)17-8-5-9-18(19(17)22)23-20(24)16-12-10-15(11-13-16)14-6-3-2-4-7-14/h2-13H,22H2,1H3,(H,23,24). The largest absolute Gasteiger partial charge is 0.465 e. The van der Waals surface area contributed by atoms with Gasteiger partial charge < -0.3 is 15.8 Å². The maximum absolute atomic E-state index is 12.5. The van der Waals surface area contributed by atoms with Gasteiger partial charge in [0.2, 0.25) is 0 Å². The van der Waals surface area contributed by atoms with Crippen LogP contribution in [0.15, 0.2) is 72.8 Å². The van der Waals surface area contributed by atoms with Crippen LogP contribution in [0.1, 0.15) is 20.7 Å². The van der Waals surface area contributed by atoms with Crippen LogP contribution in [-0.2, 0) is 4.74 Å². The number of nitrogen functional groups attached to an aromatic ring is 1. The molecular formula is C21H18N2O3. The highest BCUT2D eigenvalue weighted by Gasteiger charge is 2.15. The van der Waals surface area contributed by atoms with E-state index in [1.165, 1.54) is 7.11 Å². The molecule has 3 N–H and O–H groups in total. The monoisotopic (exact) mass is 346 g/mol. The molecule has 0 spiro atoms. The van der Waals surface area contributed by atoms with Crippen molar-refractivity contribution < 1.29 is 14.3 Å². The summed E-state index contributed by atoms with van der Waals surface area (Å²) < 4.78 is 4.69. The van der Waals surface area contributed by atoms with E-state index in [4.69, 9.17) is 5.73 Å². The number of amides is 1. The van der Waals surface area contributed by atoms with E-state index in [2.05, 4.69) is 10.1 Å². The predicted molar refractivity (Wildman–Crippen MR) is 102 cm³/mol. The highest BCUT2D eigenvalue weighted by atomic mass is 16.5. The van der Waals surface area contributed by atoms with Crippen molar-refractivity contribution in [3.63, 3.8) is 0 Å². The van der Waals surface area contributed by atoms with Crippen LogP contribution in [0, 0.1) is 0 Å². The average Bonchev–Trinajstić information content (AvgIpc) is 2.69. The summed E-state index contributed by atoms with van der Waals surface area (Å²) in [6.07, 6.45) is 0. The summed E-state index contributed by atoms with van der Waals surface area (Å²) in [5.74, 6) is -0.857. The number of esters is 1. The maximum atomic E-state index is 12.5. The highest BCUT2D eigenvalue weighted by molar-refractivity contribution is 6.08. The van der Waals surface area contributed by atoms with Crippen molar-refractivity contribution in [2.75, 3.05) is 18.2 Å². The molecule has 3 rings (SSSR count). The maximum Gasteiger partial charge on any atom is 0.340 e. The minimum absolute atomic E-state index is 0.175. The van der Waals surface area contributed by atoms with Crippen LogP contribution in [0.4, 0.5) is 11.4 Å². The van der Waals surface area contributed by atoms with E-state index in [0.717, 1.165) is 11.1 Å². The Morgan fingerprint density at radius 1 is 0.846 bits per heavy atom. The van der Waals surface area contributed by atoms with Crippen molar-refractivity contribution >= 4 is 23.3 Å². The van der Waals surface area contributed by atoms with Crippen LogP contribution >= 0.6 is 0 Å². The van der Waals surface area contributed by atoms with E-state index in [1.54, 1.807) is 30.3 Å². The van der Waals surface area contributed by atoms with Gasteiger partial charge in [-0.05, 0) is 35.4 Å². The molecule has 0 radical (unpaired) electrons. The summed E-state index contributed by atoms with van der Waals surface area (Å²) in [7, 11) is 1.28. The lowest BCUT2D eigenvalue weighted by Crippen LogP contribution is -2.15. The molecule has 0 aliphatic heterocycles. The quantitative estimate of drug-likeness (QED) is 0.553. The minimum atomic E-state index is -0.550. The van der Waals surface area contributed by atoms with Crippen molar-refractivity contribution in [3.8, 4) is 11.1 Å². The van der Waals surface area contributed by atoms with Crippen molar-refractivity contribution in [3.05, 3.63) is 83.9 Å². The van der Waals surface area contributed by atoms with Crippen LogP contribution < -0.4 is 11.1 Å². The van der Waals surface area contributed by atoms with E-state index in [0.29, 0.717) is 11.3 Å². The Morgan fingerprint density at radius 2 is 1.50 bits per heavy atom. The van der Waals surface area contributed by atoms with E-state index in [1.807, 2.05) is 42.5 Å². The number of benzene rings is 3. The van der Waals surface area contributed by atoms with Crippen molar-refractivity contribution in [1.82, 2.24) is 0 Å². The molecule has 0 atom stereocenters. The number of hydrogen-bond donors (Lipinski definition) is 2. The van der Waals surface area contributed by atoms with Gasteiger partial charge in [0.1, 0.15) is 0 Å². The first-order chi connectivity index (χ1) is 12.6. The Labute approximate surface area is 151 Å². The van der Waals surface area contributed by atoms with Crippen LogP contribution in [0.2, 0.25) is 0 Å². The zero-order valence-electron chi connectivity index (χ0n) is 14.2. The molecule has 3 aromatic carbocycles. The fourth-order valence-corrected chi connectivity index (χ4v) is 2.60. The number of anilines is 2. The van der Waals surface area contributed by atoms with Gasteiger partial charge >= 0.3 is 5.97 Å². The number of nitrogens with two attached hydrogens (primary N) is 1. The van der Waals surface area contributed by atoms with Gasteiger partial charge in [0.15, 0.2) is 0 Å². The molecule has 0 fully saturated rings. The molecule has 0 aliphatic rings. The number of carbonyl (C=O) groups excluding carboxylic acids is 2. The summed E-state index contributed by atoms with van der Waals surface area (Å²) in [6.45, 7) is 0. The Morgan fingerprint density at radius 3 is 2.15 bits per heavy atom. The Balaban J connectivity index is 1.80. The summed E-state index contributed by atoms with van der Waals surface area (Å²) >= 11 is 0. The SMILES string of the molecule is COC(=O)c1cccc(NC(=O)c2ccc(-c3ccccc3)cc2)c1N. The lowest BCUT2D eigenvalue weighted by atomic mass is 10.0. The number of hydrogen-bond acceptors (Lipinski definition) is 4. The lowest BCUT2D eigenvalue weighted by molar-refractivity contribution is 0.0601. The third-order valence-electron chi connectivity index (χ3n) is 4.01. The molecule has 5 heteroatoms. The normalized spacial score (nSPS) is 10.2. The predicted octanol–water partition coefficient (Wildman–Crippen LogP) is 3.97. The third kappa shape index (κ3) is 3.57. The van der Waals surface area contributed by atoms with Crippen LogP contribution in [0.5, 0.6) is 0 Å². The second-order valence-electron chi connectivity index (χ2n) is 5.66. The first-order valence-corrected chi connectivity index (χ1v) is 8.04. The molecule has 26 heavy (non-hydrogen) atoms.